The van der Waals surface area contributed by atoms with Crippen LogP contribution in [0.5, 0.6) is 0 Å². The average molecular weight is 329 g/mol. The normalized spacial score (nSPS) is 26.6. The van der Waals surface area contributed by atoms with Crippen molar-refractivity contribution in [3.63, 3.8) is 0 Å². The van der Waals surface area contributed by atoms with Crippen LogP contribution in [0, 0.1) is 5.92 Å². The Balaban J connectivity index is 1.42. The Labute approximate surface area is 141 Å². The van der Waals surface area contributed by atoms with Crippen molar-refractivity contribution >= 4 is 27.5 Å². The van der Waals surface area contributed by atoms with Gasteiger partial charge in [-0.1, -0.05) is 19.1 Å². The molecule has 1 atom stereocenters. The zero-order valence-corrected chi connectivity index (χ0v) is 14.4. The molecular formula is C18H23N3OS. The fourth-order valence-corrected chi connectivity index (χ4v) is 4.90. The van der Waals surface area contributed by atoms with Crippen LogP contribution in [0.3, 0.4) is 0 Å². The van der Waals surface area contributed by atoms with Gasteiger partial charge in [-0.25, -0.2) is 0 Å². The molecule has 0 aliphatic carbocycles. The van der Waals surface area contributed by atoms with Gasteiger partial charge in [0.05, 0.1) is 16.8 Å². The van der Waals surface area contributed by atoms with Gasteiger partial charge >= 0.3 is 0 Å². The van der Waals surface area contributed by atoms with E-state index in [4.69, 9.17) is 0 Å². The molecule has 2 bridgehead atoms. The van der Waals surface area contributed by atoms with Gasteiger partial charge in [-0.05, 0) is 61.4 Å². The number of amides is 1. The lowest BCUT2D eigenvalue weighted by Crippen LogP contribution is -2.57. The van der Waals surface area contributed by atoms with Gasteiger partial charge in [-0.15, -0.1) is 0 Å². The largest absolute Gasteiger partial charge is 0.352 e. The topological polar surface area (TPSA) is 45.2 Å². The monoisotopic (exact) mass is 329 g/mol. The first-order chi connectivity index (χ1) is 11.2. The van der Waals surface area contributed by atoms with E-state index in [9.17, 15) is 4.79 Å². The third-order valence-corrected chi connectivity index (χ3v) is 6.16. The first kappa shape index (κ1) is 15.1. The lowest BCUT2D eigenvalue weighted by molar-refractivity contribution is -0.122. The fourth-order valence-electron chi connectivity index (χ4n) is 3.97. The number of carbonyl (C=O) groups excluding carboxylic acids is 1. The third kappa shape index (κ3) is 3.00. The van der Waals surface area contributed by atoms with Gasteiger partial charge in [-0.3, -0.25) is 4.79 Å². The number of nitrogens with one attached hydrogen (secondary N) is 1. The van der Waals surface area contributed by atoms with Gasteiger partial charge in [-0.2, -0.15) is 4.37 Å². The maximum Gasteiger partial charge on any atom is 0.224 e. The number of hydrogen-bond donors (Lipinski definition) is 1. The van der Waals surface area contributed by atoms with E-state index in [2.05, 4.69) is 39.7 Å². The minimum Gasteiger partial charge on any atom is -0.352 e. The standard InChI is InChI=1S/C18H23N3OS/c1-2-15-14-4-3-12(9-17(14)23-20-15)10-18(22)19-16-11-21-7-5-13(16)6-8-21/h3-4,9,13,16H,2,5-8,10-11H2,1H3,(H,19,22)/t16-/m0/s1. The fraction of sp³-hybridized carbons (Fsp3) is 0.556. The summed E-state index contributed by atoms with van der Waals surface area (Å²) < 4.78 is 5.68. The molecule has 4 nitrogen and oxygen atoms in total. The molecule has 2 aromatic rings. The molecular weight excluding hydrogens is 306 g/mol. The van der Waals surface area contributed by atoms with Gasteiger partial charge in [0, 0.05) is 18.0 Å². The van der Waals surface area contributed by atoms with Gasteiger partial charge in [0.15, 0.2) is 0 Å². The number of hydrogen-bond acceptors (Lipinski definition) is 4. The molecule has 3 aliphatic heterocycles. The summed E-state index contributed by atoms with van der Waals surface area (Å²) in [7, 11) is 0. The highest BCUT2D eigenvalue weighted by atomic mass is 32.1. The molecule has 1 aromatic carbocycles. The Kier molecular flexibility index (Phi) is 4.07. The zero-order valence-electron chi connectivity index (χ0n) is 13.5. The van der Waals surface area contributed by atoms with Crippen LogP contribution in [0.25, 0.3) is 10.1 Å². The molecule has 5 rings (SSSR count). The maximum absolute atomic E-state index is 12.4. The summed E-state index contributed by atoms with van der Waals surface area (Å²) in [6.07, 6.45) is 3.90. The first-order valence-corrected chi connectivity index (χ1v) is 9.39. The predicted molar refractivity (Wildman–Crippen MR) is 93.8 cm³/mol. The van der Waals surface area contributed by atoms with E-state index in [-0.39, 0.29) is 5.91 Å². The summed E-state index contributed by atoms with van der Waals surface area (Å²) in [4.78, 5) is 14.9. The SMILES string of the molecule is CCc1nsc2cc(CC(=O)N[C@H]3CN4CCC3CC4)ccc12. The molecule has 3 saturated heterocycles. The van der Waals surface area contributed by atoms with Crippen molar-refractivity contribution in [1.29, 1.82) is 0 Å². The van der Waals surface area contributed by atoms with Crippen LogP contribution in [0.4, 0.5) is 0 Å². The number of rotatable bonds is 4. The molecule has 0 saturated carbocycles. The summed E-state index contributed by atoms with van der Waals surface area (Å²) in [5.74, 6) is 0.836. The predicted octanol–water partition coefficient (Wildman–Crippen LogP) is 2.61. The van der Waals surface area contributed by atoms with E-state index in [0.29, 0.717) is 18.4 Å². The van der Waals surface area contributed by atoms with Crippen LogP contribution in [0.1, 0.15) is 31.0 Å². The van der Waals surface area contributed by atoms with Crippen LogP contribution in [-0.4, -0.2) is 40.9 Å². The molecule has 1 amide bonds. The summed E-state index contributed by atoms with van der Waals surface area (Å²) >= 11 is 1.54. The number of carbonyl (C=O) groups is 1. The van der Waals surface area contributed by atoms with Gasteiger partial charge in [0.25, 0.3) is 0 Å². The van der Waals surface area contributed by atoms with Gasteiger partial charge < -0.3 is 10.2 Å². The number of benzene rings is 1. The summed E-state index contributed by atoms with van der Waals surface area (Å²) in [6, 6.07) is 6.67. The average Bonchev–Trinajstić information content (AvgIpc) is 2.98. The van der Waals surface area contributed by atoms with Gasteiger partial charge in [0.2, 0.25) is 5.91 Å². The molecule has 3 aliphatic rings. The number of fused-ring (bicyclic) bond motifs is 4. The lowest BCUT2D eigenvalue weighted by atomic mass is 9.84. The molecule has 0 unspecified atom stereocenters. The summed E-state index contributed by atoms with van der Waals surface area (Å²) in [6.45, 7) is 5.57. The summed E-state index contributed by atoms with van der Waals surface area (Å²) in [5, 5.41) is 4.51. The Morgan fingerprint density at radius 1 is 1.39 bits per heavy atom. The second kappa shape index (κ2) is 6.21. The first-order valence-electron chi connectivity index (χ1n) is 8.62. The van der Waals surface area contributed by atoms with Crippen LogP contribution in [0.2, 0.25) is 0 Å². The van der Waals surface area contributed by atoms with Gasteiger partial charge in [0.1, 0.15) is 0 Å². The van der Waals surface area contributed by atoms with E-state index in [1.807, 2.05) is 0 Å². The molecule has 5 heteroatoms. The maximum atomic E-state index is 12.4. The number of nitrogens with zero attached hydrogens (tertiary/aromatic N) is 2. The van der Waals surface area contributed by atoms with E-state index in [1.54, 1.807) is 0 Å². The molecule has 3 fully saturated rings. The molecule has 122 valence electrons. The molecule has 1 aromatic heterocycles. The van der Waals surface area contributed by atoms with E-state index in [0.717, 1.165) is 24.2 Å². The number of aryl methyl sites for hydroxylation is 1. The van der Waals surface area contributed by atoms with E-state index >= 15 is 0 Å². The van der Waals surface area contributed by atoms with Crippen LogP contribution in [0.15, 0.2) is 18.2 Å². The van der Waals surface area contributed by atoms with Crippen molar-refractivity contribution in [1.82, 2.24) is 14.6 Å². The number of aromatic nitrogens is 1. The van der Waals surface area contributed by atoms with Crippen LogP contribution >= 0.6 is 11.5 Å². The second-order valence-electron chi connectivity index (χ2n) is 6.80. The van der Waals surface area contributed by atoms with Crippen LogP contribution < -0.4 is 5.32 Å². The van der Waals surface area contributed by atoms with Crippen molar-refractivity contribution in [2.24, 2.45) is 5.92 Å². The summed E-state index contributed by atoms with van der Waals surface area (Å²) in [5.41, 5.74) is 2.25. The molecule has 23 heavy (non-hydrogen) atoms. The van der Waals surface area contributed by atoms with Crippen molar-refractivity contribution in [3.05, 3.63) is 29.5 Å². The smallest absolute Gasteiger partial charge is 0.224 e. The Morgan fingerprint density at radius 3 is 2.91 bits per heavy atom. The van der Waals surface area contributed by atoms with E-state index < -0.39 is 0 Å². The van der Waals surface area contributed by atoms with E-state index in [1.165, 1.54) is 47.5 Å². The van der Waals surface area contributed by atoms with Crippen molar-refractivity contribution in [2.45, 2.75) is 38.6 Å². The van der Waals surface area contributed by atoms with Crippen molar-refractivity contribution < 1.29 is 4.79 Å². The van der Waals surface area contributed by atoms with Crippen molar-refractivity contribution in [2.75, 3.05) is 19.6 Å². The Bertz CT molecular complexity index is 718. The zero-order chi connectivity index (χ0) is 15.8. The highest BCUT2D eigenvalue weighted by Gasteiger charge is 2.34. The third-order valence-electron chi connectivity index (χ3n) is 5.31. The highest BCUT2D eigenvalue weighted by Crippen LogP contribution is 2.28. The minimum absolute atomic E-state index is 0.156. The highest BCUT2D eigenvalue weighted by molar-refractivity contribution is 7.13. The lowest BCUT2D eigenvalue weighted by Gasteiger charge is -2.44. The van der Waals surface area contributed by atoms with Crippen LogP contribution in [-0.2, 0) is 17.6 Å². The minimum atomic E-state index is 0.156. The number of piperidine rings is 3. The Hall–Kier alpha value is -1.46. The molecule has 0 radical (unpaired) electrons. The molecule has 1 N–H and O–H groups in total. The molecule has 4 heterocycles. The quantitative estimate of drug-likeness (QED) is 0.938. The molecule has 0 spiro atoms. The second-order valence-corrected chi connectivity index (χ2v) is 7.61. The van der Waals surface area contributed by atoms with Crippen molar-refractivity contribution in [3.8, 4) is 0 Å². The Morgan fingerprint density at radius 2 is 2.22 bits per heavy atom.